The highest BCUT2D eigenvalue weighted by Gasteiger charge is 2.27. The molecule has 0 bridgehead atoms. The largest absolute Gasteiger partial charge is 0.345 e. The quantitative estimate of drug-likeness (QED) is 0.501. The van der Waals surface area contributed by atoms with Gasteiger partial charge in [-0.25, -0.2) is 4.98 Å². The first-order valence-corrected chi connectivity index (χ1v) is 8.53. The van der Waals surface area contributed by atoms with Gasteiger partial charge in [-0.15, -0.1) is 15.3 Å². The number of aromatic nitrogens is 10. The summed E-state index contributed by atoms with van der Waals surface area (Å²) in [6, 6.07) is 1.87. The lowest BCUT2D eigenvalue weighted by Gasteiger charge is -2.05. The smallest absolute Gasteiger partial charge is 0.181 e. The summed E-state index contributed by atoms with van der Waals surface area (Å²) in [6.45, 7) is 0. The van der Waals surface area contributed by atoms with Gasteiger partial charge in [0.2, 0.25) is 0 Å². The van der Waals surface area contributed by atoms with Crippen LogP contribution in [0.25, 0.3) is 40.1 Å². The second-order valence-corrected chi connectivity index (χ2v) is 6.04. The number of nitrogens with one attached hydrogen (secondary N) is 1. The van der Waals surface area contributed by atoms with Gasteiger partial charge in [-0.2, -0.15) is 14.7 Å². The van der Waals surface area contributed by atoms with E-state index in [2.05, 4.69) is 39.7 Å². The zero-order valence-corrected chi connectivity index (χ0v) is 13.8. The van der Waals surface area contributed by atoms with E-state index in [1.807, 2.05) is 16.8 Å². The molecule has 0 aromatic carbocycles. The van der Waals surface area contributed by atoms with E-state index in [-0.39, 0.29) is 0 Å². The van der Waals surface area contributed by atoms with Crippen molar-refractivity contribution in [2.45, 2.75) is 0 Å². The molecule has 13 heteroatoms. The van der Waals surface area contributed by atoms with Crippen LogP contribution in [-0.4, -0.2) is 49.3 Å². The van der Waals surface area contributed by atoms with Crippen LogP contribution in [-0.2, 0) is 0 Å². The molecule has 0 aliphatic heterocycles. The predicted octanol–water partition coefficient (Wildman–Crippen LogP) is 1.68. The Balaban J connectivity index is 1.88. The number of aromatic amines is 1. The predicted molar refractivity (Wildman–Crippen MR) is 86.8 cm³/mol. The highest BCUT2D eigenvalue weighted by atomic mass is 32.1. The molecule has 0 saturated heterocycles. The van der Waals surface area contributed by atoms with E-state index in [0.29, 0.717) is 40.1 Å². The van der Waals surface area contributed by atoms with E-state index < -0.39 is 0 Å². The normalized spacial score (nSPS) is 11.2. The Kier molecular flexibility index (Phi) is 3.17. The summed E-state index contributed by atoms with van der Waals surface area (Å²) >= 11 is 2.56. The van der Waals surface area contributed by atoms with Gasteiger partial charge in [-0.3, -0.25) is 4.57 Å². The van der Waals surface area contributed by atoms with Crippen molar-refractivity contribution in [3.8, 4) is 40.1 Å². The van der Waals surface area contributed by atoms with Gasteiger partial charge in [0.05, 0.1) is 6.20 Å². The fourth-order valence-electron chi connectivity index (χ4n) is 2.40. The molecule has 0 amide bonds. The average molecular weight is 370 g/mol. The van der Waals surface area contributed by atoms with Crippen LogP contribution in [0.5, 0.6) is 0 Å². The summed E-state index contributed by atoms with van der Waals surface area (Å²) in [5.74, 6) is 1.12. The minimum absolute atomic E-state index is 0.474. The van der Waals surface area contributed by atoms with Gasteiger partial charge in [0.25, 0.3) is 0 Å². The topological polar surface area (TPSA) is 137 Å². The summed E-state index contributed by atoms with van der Waals surface area (Å²) in [4.78, 5) is 4.71. The molecule has 0 aliphatic rings. The molecule has 0 aliphatic carbocycles. The molecule has 1 N–H and O–H groups in total. The van der Waals surface area contributed by atoms with Gasteiger partial charge in [-0.05, 0) is 29.1 Å². The second kappa shape index (κ2) is 5.64. The Morgan fingerprint density at radius 3 is 2.80 bits per heavy atom. The van der Waals surface area contributed by atoms with Crippen molar-refractivity contribution in [2.24, 2.45) is 0 Å². The molecular weight excluding hydrogens is 364 g/mol. The molecule has 122 valence electrons. The summed E-state index contributed by atoms with van der Waals surface area (Å²) in [5, 5.41) is 26.1. The molecule has 0 unspecified atom stereocenters. The third-order valence-corrected chi connectivity index (χ3v) is 4.45. The van der Waals surface area contributed by atoms with Gasteiger partial charge in [0.15, 0.2) is 23.6 Å². The Bertz CT molecular complexity index is 993. The minimum atomic E-state index is 0.474. The number of imidazole rings is 1. The van der Waals surface area contributed by atoms with Crippen LogP contribution < -0.4 is 0 Å². The Hall–Kier alpha value is -3.32. The molecule has 5 heterocycles. The van der Waals surface area contributed by atoms with Crippen molar-refractivity contribution in [3.05, 3.63) is 29.3 Å². The van der Waals surface area contributed by atoms with E-state index in [1.165, 1.54) is 29.3 Å². The van der Waals surface area contributed by atoms with Crippen molar-refractivity contribution >= 4 is 23.1 Å². The third kappa shape index (κ3) is 2.25. The maximum absolute atomic E-state index is 4.88. The van der Waals surface area contributed by atoms with Gasteiger partial charge in [0.1, 0.15) is 22.8 Å². The van der Waals surface area contributed by atoms with Gasteiger partial charge in [0, 0.05) is 16.0 Å². The standard InChI is InChI=1S/C12H6N10OS2/c1-2-24-18-6(1)12-14-10(7-4-23-20-15-7)11(8-5-25-21-16-8)22(12)9-3-13-19-17-9/h1-5H,(H,13,17,19). The maximum Gasteiger partial charge on any atom is 0.181 e. The first-order chi connectivity index (χ1) is 12.4. The fourth-order valence-corrected chi connectivity index (χ4v) is 3.34. The molecule has 0 fully saturated rings. The van der Waals surface area contributed by atoms with E-state index in [0.717, 1.165) is 0 Å². The minimum Gasteiger partial charge on any atom is -0.345 e. The summed E-state index contributed by atoms with van der Waals surface area (Å²) in [5.41, 5.74) is 2.99. The monoisotopic (exact) mass is 370 g/mol. The van der Waals surface area contributed by atoms with E-state index >= 15 is 0 Å². The summed E-state index contributed by atoms with van der Waals surface area (Å²) < 4.78 is 15.0. The molecule has 11 nitrogen and oxygen atoms in total. The maximum atomic E-state index is 4.88. The SMILES string of the molecule is c1cc(-c2nc(-c3conn3)c(-c3csnn3)n2-c2cn[nH]n2)ns1. The van der Waals surface area contributed by atoms with Gasteiger partial charge < -0.3 is 4.52 Å². The highest BCUT2D eigenvalue weighted by molar-refractivity contribution is 7.04. The molecule has 0 atom stereocenters. The van der Waals surface area contributed by atoms with Crippen LogP contribution in [0.1, 0.15) is 0 Å². The lowest BCUT2D eigenvalue weighted by molar-refractivity contribution is 0.393. The van der Waals surface area contributed by atoms with Crippen LogP contribution in [0.2, 0.25) is 0 Å². The van der Waals surface area contributed by atoms with Crippen LogP contribution in [0.15, 0.2) is 33.8 Å². The third-order valence-electron chi connectivity index (χ3n) is 3.38. The molecular formula is C12H6N10OS2. The fraction of sp³-hybridized carbons (Fsp3) is 0. The second-order valence-electron chi connectivity index (χ2n) is 4.76. The first-order valence-electron chi connectivity index (χ1n) is 6.86. The molecule has 5 aromatic rings. The van der Waals surface area contributed by atoms with Crippen molar-refractivity contribution < 1.29 is 4.52 Å². The Labute approximate surface area is 146 Å². The zero-order valence-electron chi connectivity index (χ0n) is 12.1. The van der Waals surface area contributed by atoms with Gasteiger partial charge >= 0.3 is 0 Å². The summed E-state index contributed by atoms with van der Waals surface area (Å²) in [7, 11) is 0. The Morgan fingerprint density at radius 1 is 1.12 bits per heavy atom. The van der Waals surface area contributed by atoms with Crippen molar-refractivity contribution in [1.82, 2.24) is 49.3 Å². The summed E-state index contributed by atoms with van der Waals surface area (Å²) in [6.07, 6.45) is 3.01. The Morgan fingerprint density at radius 2 is 2.12 bits per heavy atom. The molecule has 0 saturated carbocycles. The average Bonchev–Trinajstić information content (AvgIpc) is 3.48. The number of H-pyrrole nitrogens is 1. The van der Waals surface area contributed by atoms with Crippen LogP contribution in [0.3, 0.4) is 0 Å². The van der Waals surface area contributed by atoms with E-state index in [1.54, 1.807) is 10.8 Å². The van der Waals surface area contributed by atoms with Crippen molar-refractivity contribution in [3.63, 3.8) is 0 Å². The van der Waals surface area contributed by atoms with Crippen LogP contribution in [0.4, 0.5) is 0 Å². The van der Waals surface area contributed by atoms with Crippen molar-refractivity contribution in [2.75, 3.05) is 0 Å². The van der Waals surface area contributed by atoms with Crippen LogP contribution in [0, 0.1) is 0 Å². The van der Waals surface area contributed by atoms with E-state index in [9.17, 15) is 0 Å². The molecule has 5 rings (SSSR count). The van der Waals surface area contributed by atoms with E-state index in [4.69, 9.17) is 9.51 Å². The lowest BCUT2D eigenvalue weighted by atomic mass is 10.2. The van der Waals surface area contributed by atoms with Crippen molar-refractivity contribution in [1.29, 1.82) is 0 Å². The molecule has 25 heavy (non-hydrogen) atoms. The number of hydrogen-bond acceptors (Lipinski definition) is 11. The number of nitrogens with zero attached hydrogens (tertiary/aromatic N) is 9. The van der Waals surface area contributed by atoms with Crippen LogP contribution >= 0.6 is 23.1 Å². The molecule has 5 aromatic heterocycles. The molecule has 0 spiro atoms. The number of rotatable bonds is 4. The lowest BCUT2D eigenvalue weighted by Crippen LogP contribution is -2.01. The van der Waals surface area contributed by atoms with Gasteiger partial charge in [-0.1, -0.05) is 4.49 Å². The first kappa shape index (κ1) is 14.1. The zero-order chi connectivity index (χ0) is 16.6. The number of hydrogen-bond donors (Lipinski definition) is 1. The molecule has 0 radical (unpaired) electrons. The highest BCUT2D eigenvalue weighted by Crippen LogP contribution is 2.36.